The number of nitrogens with one attached hydrogen (secondary N) is 1. The van der Waals surface area contributed by atoms with Crippen LogP contribution >= 0.6 is 0 Å². The Balaban J connectivity index is 1.75. The van der Waals surface area contributed by atoms with Gasteiger partial charge in [-0.2, -0.15) is 0 Å². The standard InChI is InChI=1S/C26H22FN3O3/c1-15-4-10-20(12-16(15)2)29-23(31)14-30-13-22(24(32)18-6-8-19(27)9-7-18)25(33)21-11-5-17(3)28-26(21)30/h4-13H,14H2,1-3H3,(H,29,31). The van der Waals surface area contributed by atoms with Gasteiger partial charge >= 0.3 is 0 Å². The molecule has 0 atom stereocenters. The van der Waals surface area contributed by atoms with Crippen molar-refractivity contribution in [2.45, 2.75) is 27.3 Å². The zero-order valence-corrected chi connectivity index (χ0v) is 18.5. The molecule has 4 rings (SSSR count). The lowest BCUT2D eigenvalue weighted by atomic mass is 10.0. The first-order valence-corrected chi connectivity index (χ1v) is 10.4. The molecule has 0 aliphatic heterocycles. The van der Waals surface area contributed by atoms with Crippen LogP contribution in [0.25, 0.3) is 11.0 Å². The largest absolute Gasteiger partial charge is 0.325 e. The van der Waals surface area contributed by atoms with Gasteiger partial charge in [-0.15, -0.1) is 0 Å². The molecule has 4 aromatic rings. The van der Waals surface area contributed by atoms with Crippen molar-refractivity contribution in [3.8, 4) is 0 Å². The summed E-state index contributed by atoms with van der Waals surface area (Å²) in [6.45, 7) is 5.58. The summed E-state index contributed by atoms with van der Waals surface area (Å²) < 4.78 is 14.8. The van der Waals surface area contributed by atoms with Crippen molar-refractivity contribution >= 4 is 28.4 Å². The monoisotopic (exact) mass is 443 g/mol. The Labute approximate surface area is 189 Å². The molecule has 33 heavy (non-hydrogen) atoms. The number of fused-ring (bicyclic) bond motifs is 1. The minimum absolute atomic E-state index is 0.112. The van der Waals surface area contributed by atoms with Crippen LogP contribution in [0.1, 0.15) is 32.7 Å². The molecule has 0 saturated heterocycles. The van der Waals surface area contributed by atoms with E-state index in [1.54, 1.807) is 19.1 Å². The Morgan fingerprint density at radius 1 is 0.970 bits per heavy atom. The van der Waals surface area contributed by atoms with Crippen LogP contribution in [0.2, 0.25) is 0 Å². The molecule has 0 aliphatic rings. The second kappa shape index (κ2) is 8.78. The highest BCUT2D eigenvalue weighted by atomic mass is 19.1. The summed E-state index contributed by atoms with van der Waals surface area (Å²) in [5.41, 5.74) is 3.37. The fourth-order valence-corrected chi connectivity index (χ4v) is 3.57. The SMILES string of the molecule is Cc1ccc2c(=O)c(C(=O)c3ccc(F)cc3)cn(CC(=O)Nc3ccc(C)c(C)c3)c2n1. The number of nitrogens with zero attached hydrogens (tertiary/aromatic N) is 2. The maximum absolute atomic E-state index is 13.3. The average molecular weight is 443 g/mol. The minimum Gasteiger partial charge on any atom is -0.325 e. The second-order valence-electron chi connectivity index (χ2n) is 8.01. The van der Waals surface area contributed by atoms with Crippen molar-refractivity contribution in [3.05, 3.63) is 105 Å². The topological polar surface area (TPSA) is 81.1 Å². The lowest BCUT2D eigenvalue weighted by Crippen LogP contribution is -2.25. The molecule has 2 aromatic heterocycles. The van der Waals surface area contributed by atoms with Gasteiger partial charge in [-0.05, 0) is 80.4 Å². The Kier molecular flexibility index (Phi) is 5.87. The van der Waals surface area contributed by atoms with Crippen LogP contribution in [-0.4, -0.2) is 21.2 Å². The summed E-state index contributed by atoms with van der Waals surface area (Å²) in [6, 6.07) is 13.9. The van der Waals surface area contributed by atoms with Crippen LogP contribution in [0.3, 0.4) is 0 Å². The zero-order valence-electron chi connectivity index (χ0n) is 18.5. The number of carbonyl (C=O) groups excluding carboxylic acids is 2. The van der Waals surface area contributed by atoms with E-state index in [2.05, 4.69) is 10.3 Å². The van der Waals surface area contributed by atoms with E-state index in [-0.39, 0.29) is 29.0 Å². The molecule has 0 radical (unpaired) electrons. The van der Waals surface area contributed by atoms with Gasteiger partial charge in [0, 0.05) is 23.1 Å². The highest BCUT2D eigenvalue weighted by Crippen LogP contribution is 2.17. The van der Waals surface area contributed by atoms with Gasteiger partial charge in [-0.3, -0.25) is 14.4 Å². The summed E-state index contributed by atoms with van der Waals surface area (Å²) in [5, 5.41) is 3.08. The normalized spacial score (nSPS) is 10.9. The van der Waals surface area contributed by atoms with Crippen LogP contribution in [0.15, 0.2) is 65.6 Å². The van der Waals surface area contributed by atoms with Gasteiger partial charge in [0.1, 0.15) is 18.0 Å². The average Bonchev–Trinajstić information content (AvgIpc) is 2.78. The first-order valence-electron chi connectivity index (χ1n) is 10.4. The quantitative estimate of drug-likeness (QED) is 0.466. The maximum Gasteiger partial charge on any atom is 0.244 e. The first-order chi connectivity index (χ1) is 15.7. The zero-order chi connectivity index (χ0) is 23.7. The molecular formula is C26H22FN3O3. The number of anilines is 1. The van der Waals surface area contributed by atoms with Crippen LogP contribution in [0.4, 0.5) is 10.1 Å². The Hall–Kier alpha value is -4.13. The molecule has 0 aliphatic carbocycles. The van der Waals surface area contributed by atoms with E-state index in [9.17, 15) is 18.8 Å². The van der Waals surface area contributed by atoms with Crippen molar-refractivity contribution in [3.63, 3.8) is 0 Å². The lowest BCUT2D eigenvalue weighted by molar-refractivity contribution is -0.116. The lowest BCUT2D eigenvalue weighted by Gasteiger charge is -2.14. The molecule has 0 saturated carbocycles. The van der Waals surface area contributed by atoms with Crippen molar-refractivity contribution < 1.29 is 14.0 Å². The van der Waals surface area contributed by atoms with Crippen LogP contribution in [0, 0.1) is 26.6 Å². The van der Waals surface area contributed by atoms with Gasteiger partial charge in [0.2, 0.25) is 11.3 Å². The Morgan fingerprint density at radius 3 is 2.39 bits per heavy atom. The van der Waals surface area contributed by atoms with E-state index >= 15 is 0 Å². The molecule has 0 fully saturated rings. The van der Waals surface area contributed by atoms with Gasteiger partial charge in [-0.1, -0.05) is 6.07 Å². The summed E-state index contributed by atoms with van der Waals surface area (Å²) in [7, 11) is 0. The summed E-state index contributed by atoms with van der Waals surface area (Å²) in [6.07, 6.45) is 1.35. The number of carbonyl (C=O) groups is 2. The number of halogens is 1. The van der Waals surface area contributed by atoms with Crippen molar-refractivity contribution in [1.82, 2.24) is 9.55 Å². The van der Waals surface area contributed by atoms with E-state index < -0.39 is 17.0 Å². The van der Waals surface area contributed by atoms with Gasteiger partial charge in [0.15, 0.2) is 5.78 Å². The fourth-order valence-electron chi connectivity index (χ4n) is 3.57. The maximum atomic E-state index is 13.3. The number of benzene rings is 2. The van der Waals surface area contributed by atoms with Gasteiger partial charge in [-0.25, -0.2) is 9.37 Å². The number of pyridine rings is 2. The van der Waals surface area contributed by atoms with Crippen LogP contribution in [-0.2, 0) is 11.3 Å². The highest BCUT2D eigenvalue weighted by Gasteiger charge is 2.19. The second-order valence-corrected chi connectivity index (χ2v) is 8.01. The molecule has 2 heterocycles. The molecule has 0 unspecified atom stereocenters. The molecule has 1 N–H and O–H groups in total. The fraction of sp³-hybridized carbons (Fsp3) is 0.154. The third-order valence-electron chi connectivity index (χ3n) is 5.52. The Bertz CT molecular complexity index is 1460. The number of amides is 1. The third-order valence-corrected chi connectivity index (χ3v) is 5.52. The molecule has 7 heteroatoms. The third kappa shape index (κ3) is 4.57. The van der Waals surface area contributed by atoms with Gasteiger partial charge < -0.3 is 9.88 Å². The molecular weight excluding hydrogens is 421 g/mol. The van der Waals surface area contributed by atoms with E-state index in [0.717, 1.165) is 23.3 Å². The predicted molar refractivity (Wildman–Crippen MR) is 125 cm³/mol. The summed E-state index contributed by atoms with van der Waals surface area (Å²) in [4.78, 5) is 43.3. The van der Waals surface area contributed by atoms with Gasteiger partial charge in [0.25, 0.3) is 0 Å². The Morgan fingerprint density at radius 2 is 1.70 bits per heavy atom. The molecule has 166 valence electrons. The molecule has 2 aromatic carbocycles. The number of ketones is 1. The minimum atomic E-state index is -0.550. The number of aryl methyl sites for hydroxylation is 3. The van der Waals surface area contributed by atoms with Crippen LogP contribution in [0.5, 0.6) is 0 Å². The number of hydrogen-bond acceptors (Lipinski definition) is 4. The highest BCUT2D eigenvalue weighted by molar-refractivity contribution is 6.10. The smallest absolute Gasteiger partial charge is 0.244 e. The van der Waals surface area contributed by atoms with Crippen molar-refractivity contribution in [2.24, 2.45) is 0 Å². The molecule has 0 spiro atoms. The predicted octanol–water partition coefficient (Wildman–Crippen LogP) is 4.33. The van der Waals surface area contributed by atoms with E-state index in [4.69, 9.17) is 0 Å². The van der Waals surface area contributed by atoms with Gasteiger partial charge in [0.05, 0.1) is 10.9 Å². The summed E-state index contributed by atoms with van der Waals surface area (Å²) in [5.74, 6) is -1.36. The first kappa shape index (κ1) is 22.1. The van der Waals surface area contributed by atoms with Crippen molar-refractivity contribution in [2.75, 3.05) is 5.32 Å². The summed E-state index contributed by atoms with van der Waals surface area (Å²) >= 11 is 0. The van der Waals surface area contributed by atoms with E-state index in [1.807, 2.05) is 32.0 Å². The number of hydrogen-bond donors (Lipinski definition) is 1. The molecule has 1 amide bonds. The molecule has 0 bridgehead atoms. The number of aromatic nitrogens is 2. The molecule has 6 nitrogen and oxygen atoms in total. The van der Waals surface area contributed by atoms with E-state index in [1.165, 1.54) is 22.9 Å². The number of rotatable bonds is 5. The van der Waals surface area contributed by atoms with Crippen LogP contribution < -0.4 is 10.7 Å². The van der Waals surface area contributed by atoms with E-state index in [0.29, 0.717) is 17.0 Å². The van der Waals surface area contributed by atoms with Crippen molar-refractivity contribution in [1.29, 1.82) is 0 Å².